The van der Waals surface area contributed by atoms with Crippen molar-refractivity contribution < 1.29 is 13.9 Å². The van der Waals surface area contributed by atoms with Crippen molar-refractivity contribution in [1.82, 2.24) is 9.88 Å². The third kappa shape index (κ3) is 5.29. The summed E-state index contributed by atoms with van der Waals surface area (Å²) in [6.45, 7) is 0.766. The molecule has 4 rings (SSSR count). The third-order valence-corrected chi connectivity index (χ3v) is 5.80. The Morgan fingerprint density at radius 2 is 1.90 bits per heavy atom. The average Bonchev–Trinajstić information content (AvgIpc) is 3.28. The van der Waals surface area contributed by atoms with Gasteiger partial charge in [0, 0.05) is 25.1 Å². The first-order valence-corrected chi connectivity index (χ1v) is 10.7. The average molecular weight is 419 g/mol. The standard InChI is InChI=1S/C26H27FN2O2/c1-31-23-13-10-19(11-14-23)12-15-26(30)29-16-4-9-25(29)24-8-3-7-22(28-24)18-20-5-2-6-21(27)17-20/h2-3,5-8,10-11,13-14,17,25H,4,9,12,15-16,18H2,1H3/t25-/m0/s1. The molecule has 2 heterocycles. The fourth-order valence-corrected chi connectivity index (χ4v) is 4.20. The maximum absolute atomic E-state index is 13.5. The van der Waals surface area contributed by atoms with Crippen LogP contribution in [0.2, 0.25) is 0 Å². The first kappa shape index (κ1) is 21.0. The van der Waals surface area contributed by atoms with Gasteiger partial charge in [0.05, 0.1) is 18.8 Å². The summed E-state index contributed by atoms with van der Waals surface area (Å²) in [5, 5.41) is 0. The summed E-state index contributed by atoms with van der Waals surface area (Å²) >= 11 is 0. The van der Waals surface area contributed by atoms with Crippen LogP contribution in [0.4, 0.5) is 4.39 Å². The number of aryl methyl sites for hydroxylation is 1. The number of aromatic nitrogens is 1. The Kier molecular flexibility index (Phi) is 6.60. The number of likely N-dealkylation sites (tertiary alicyclic amines) is 1. The highest BCUT2D eigenvalue weighted by Gasteiger charge is 2.30. The maximum Gasteiger partial charge on any atom is 0.223 e. The van der Waals surface area contributed by atoms with E-state index in [0.29, 0.717) is 19.3 Å². The van der Waals surface area contributed by atoms with Gasteiger partial charge in [-0.2, -0.15) is 0 Å². The highest BCUT2D eigenvalue weighted by Crippen LogP contribution is 2.32. The smallest absolute Gasteiger partial charge is 0.223 e. The van der Waals surface area contributed by atoms with Gasteiger partial charge in [-0.05, 0) is 66.8 Å². The molecule has 0 radical (unpaired) electrons. The molecule has 0 unspecified atom stereocenters. The SMILES string of the molecule is COc1ccc(CCC(=O)N2CCC[C@H]2c2cccc(Cc3cccc(F)c3)n2)cc1. The molecule has 160 valence electrons. The molecule has 0 aliphatic carbocycles. The largest absolute Gasteiger partial charge is 0.497 e. The highest BCUT2D eigenvalue weighted by molar-refractivity contribution is 5.77. The number of halogens is 1. The van der Waals surface area contributed by atoms with Crippen LogP contribution in [0.1, 0.15) is 47.8 Å². The molecule has 1 aliphatic heterocycles. The number of nitrogens with zero attached hydrogens (tertiary/aromatic N) is 2. The van der Waals surface area contributed by atoms with Crippen LogP contribution in [0.5, 0.6) is 5.75 Å². The van der Waals surface area contributed by atoms with E-state index in [1.165, 1.54) is 6.07 Å². The molecule has 3 aromatic rings. The number of methoxy groups -OCH3 is 1. The van der Waals surface area contributed by atoms with E-state index < -0.39 is 0 Å². The fourth-order valence-electron chi connectivity index (χ4n) is 4.20. The van der Waals surface area contributed by atoms with Gasteiger partial charge in [-0.3, -0.25) is 9.78 Å². The van der Waals surface area contributed by atoms with Crippen LogP contribution >= 0.6 is 0 Å². The van der Waals surface area contributed by atoms with Crippen molar-refractivity contribution in [1.29, 1.82) is 0 Å². The first-order chi connectivity index (χ1) is 15.1. The van der Waals surface area contributed by atoms with Crippen molar-refractivity contribution in [3.05, 3.63) is 95.1 Å². The number of benzene rings is 2. The van der Waals surface area contributed by atoms with E-state index in [1.807, 2.05) is 53.4 Å². The number of pyridine rings is 1. The zero-order valence-electron chi connectivity index (χ0n) is 17.8. The molecule has 1 saturated heterocycles. The molecule has 1 aliphatic rings. The minimum atomic E-state index is -0.238. The van der Waals surface area contributed by atoms with Crippen molar-refractivity contribution >= 4 is 5.91 Å². The minimum Gasteiger partial charge on any atom is -0.497 e. The Bertz CT molecular complexity index is 1040. The summed E-state index contributed by atoms with van der Waals surface area (Å²) in [7, 11) is 1.65. The molecular weight excluding hydrogens is 391 g/mol. The summed E-state index contributed by atoms with van der Waals surface area (Å²) < 4.78 is 18.7. The van der Waals surface area contributed by atoms with Crippen LogP contribution in [0.3, 0.4) is 0 Å². The Morgan fingerprint density at radius 1 is 1.10 bits per heavy atom. The van der Waals surface area contributed by atoms with Crippen molar-refractivity contribution in [3.8, 4) is 5.75 Å². The molecule has 0 saturated carbocycles. The normalized spacial score (nSPS) is 15.8. The molecular formula is C26H27FN2O2. The van der Waals surface area contributed by atoms with Crippen molar-refractivity contribution in [2.75, 3.05) is 13.7 Å². The van der Waals surface area contributed by atoms with Gasteiger partial charge in [-0.1, -0.05) is 30.3 Å². The lowest BCUT2D eigenvalue weighted by molar-refractivity contribution is -0.132. The monoisotopic (exact) mass is 418 g/mol. The number of ether oxygens (including phenoxy) is 1. The third-order valence-electron chi connectivity index (χ3n) is 5.80. The number of hydrogen-bond donors (Lipinski definition) is 0. The lowest BCUT2D eigenvalue weighted by atomic mass is 10.1. The number of rotatable bonds is 7. The van der Waals surface area contributed by atoms with E-state index in [0.717, 1.165) is 47.7 Å². The Labute approximate surface area is 182 Å². The zero-order valence-corrected chi connectivity index (χ0v) is 17.8. The van der Waals surface area contributed by atoms with E-state index >= 15 is 0 Å². The van der Waals surface area contributed by atoms with Gasteiger partial charge in [0.2, 0.25) is 5.91 Å². The fraction of sp³-hybridized carbons (Fsp3) is 0.308. The van der Waals surface area contributed by atoms with Crippen LogP contribution in [0, 0.1) is 5.82 Å². The van der Waals surface area contributed by atoms with Gasteiger partial charge in [0.15, 0.2) is 0 Å². The van der Waals surface area contributed by atoms with Gasteiger partial charge >= 0.3 is 0 Å². The summed E-state index contributed by atoms with van der Waals surface area (Å²) in [6, 6.07) is 20.4. The molecule has 1 aromatic heterocycles. The minimum absolute atomic E-state index is 0.0100. The second kappa shape index (κ2) is 9.73. The van der Waals surface area contributed by atoms with Crippen LogP contribution in [0.25, 0.3) is 0 Å². The Balaban J connectivity index is 1.42. The van der Waals surface area contributed by atoms with Crippen LogP contribution < -0.4 is 4.74 Å². The molecule has 31 heavy (non-hydrogen) atoms. The van der Waals surface area contributed by atoms with Gasteiger partial charge in [0.1, 0.15) is 11.6 Å². The first-order valence-electron chi connectivity index (χ1n) is 10.7. The number of carbonyl (C=O) groups excluding carboxylic acids is 1. The molecule has 5 heteroatoms. The van der Waals surface area contributed by atoms with Crippen molar-refractivity contribution in [2.24, 2.45) is 0 Å². The topological polar surface area (TPSA) is 42.4 Å². The summed E-state index contributed by atoms with van der Waals surface area (Å²) in [5.74, 6) is 0.743. The molecule has 1 amide bonds. The molecule has 0 spiro atoms. The Morgan fingerprint density at radius 3 is 2.68 bits per heavy atom. The predicted molar refractivity (Wildman–Crippen MR) is 118 cm³/mol. The van der Waals surface area contributed by atoms with Gasteiger partial charge in [0.25, 0.3) is 0 Å². The number of carbonyl (C=O) groups is 1. The number of hydrogen-bond acceptors (Lipinski definition) is 3. The lowest BCUT2D eigenvalue weighted by Gasteiger charge is -2.25. The predicted octanol–water partition coefficient (Wildman–Crippen LogP) is 5.12. The molecule has 1 atom stereocenters. The molecule has 2 aromatic carbocycles. The van der Waals surface area contributed by atoms with E-state index in [1.54, 1.807) is 19.2 Å². The second-order valence-electron chi connectivity index (χ2n) is 7.95. The van der Waals surface area contributed by atoms with Crippen LogP contribution in [-0.2, 0) is 17.6 Å². The molecule has 0 N–H and O–H groups in total. The quantitative estimate of drug-likeness (QED) is 0.535. The van der Waals surface area contributed by atoms with Gasteiger partial charge in [-0.25, -0.2) is 4.39 Å². The molecule has 0 bridgehead atoms. The molecule has 1 fully saturated rings. The zero-order chi connectivity index (χ0) is 21.6. The van der Waals surface area contributed by atoms with E-state index in [4.69, 9.17) is 9.72 Å². The summed E-state index contributed by atoms with van der Waals surface area (Å²) in [6.07, 6.45) is 3.66. The van der Waals surface area contributed by atoms with E-state index in [2.05, 4.69) is 0 Å². The number of amides is 1. The summed E-state index contributed by atoms with van der Waals surface area (Å²) in [5.41, 5.74) is 3.83. The van der Waals surface area contributed by atoms with Gasteiger partial charge in [-0.15, -0.1) is 0 Å². The van der Waals surface area contributed by atoms with Crippen molar-refractivity contribution in [3.63, 3.8) is 0 Å². The lowest BCUT2D eigenvalue weighted by Crippen LogP contribution is -2.31. The van der Waals surface area contributed by atoms with Crippen molar-refractivity contribution in [2.45, 2.75) is 38.1 Å². The summed E-state index contributed by atoms with van der Waals surface area (Å²) in [4.78, 5) is 19.8. The Hall–Kier alpha value is -3.21. The van der Waals surface area contributed by atoms with Crippen LogP contribution in [-0.4, -0.2) is 29.4 Å². The van der Waals surface area contributed by atoms with E-state index in [-0.39, 0.29) is 17.8 Å². The highest BCUT2D eigenvalue weighted by atomic mass is 19.1. The van der Waals surface area contributed by atoms with E-state index in [9.17, 15) is 9.18 Å². The van der Waals surface area contributed by atoms with Gasteiger partial charge < -0.3 is 9.64 Å². The maximum atomic E-state index is 13.5. The second-order valence-corrected chi connectivity index (χ2v) is 7.95. The molecule has 4 nitrogen and oxygen atoms in total. The van der Waals surface area contributed by atoms with Crippen LogP contribution in [0.15, 0.2) is 66.7 Å².